The summed E-state index contributed by atoms with van der Waals surface area (Å²) in [6.45, 7) is 6.34. The van der Waals surface area contributed by atoms with E-state index in [4.69, 9.17) is 5.26 Å². The van der Waals surface area contributed by atoms with Crippen LogP contribution in [-0.4, -0.2) is 42.0 Å². The monoisotopic (exact) mass is 244 g/mol. The van der Waals surface area contributed by atoms with Gasteiger partial charge in [0.05, 0.1) is 5.56 Å². The van der Waals surface area contributed by atoms with Gasteiger partial charge in [-0.2, -0.15) is 5.26 Å². The molecular weight excluding hydrogens is 228 g/mol. The van der Waals surface area contributed by atoms with Crippen LogP contribution >= 0.6 is 0 Å². The van der Waals surface area contributed by atoms with Crippen molar-refractivity contribution in [2.24, 2.45) is 0 Å². The highest BCUT2D eigenvalue weighted by molar-refractivity contribution is 5.73. The highest BCUT2D eigenvalue weighted by Crippen LogP contribution is 2.19. The smallest absolute Gasteiger partial charge is 0.219 e. The SMILES string of the molecule is CC(=O)N1CCN(c2ncc(C)cc2C#N)CC1. The standard InChI is InChI=1S/C13H16N4O/c1-10-7-12(8-14)13(15-9-10)17-5-3-16(4-6-17)11(2)18/h7,9H,3-6H2,1-2H3. The molecule has 1 aliphatic heterocycles. The van der Waals surface area contributed by atoms with Gasteiger partial charge < -0.3 is 9.80 Å². The predicted octanol–water partition coefficient (Wildman–Crippen LogP) is 0.930. The van der Waals surface area contributed by atoms with E-state index >= 15 is 0 Å². The van der Waals surface area contributed by atoms with Gasteiger partial charge in [-0.15, -0.1) is 0 Å². The summed E-state index contributed by atoms with van der Waals surface area (Å²) in [6, 6.07) is 4.03. The minimum Gasteiger partial charge on any atom is -0.352 e. The molecule has 0 atom stereocenters. The zero-order valence-electron chi connectivity index (χ0n) is 10.7. The van der Waals surface area contributed by atoms with E-state index in [0.717, 1.165) is 24.5 Å². The second kappa shape index (κ2) is 5.05. The molecule has 1 amide bonds. The number of amides is 1. The number of aryl methyl sites for hydroxylation is 1. The van der Waals surface area contributed by atoms with Crippen LogP contribution in [0.3, 0.4) is 0 Å². The Morgan fingerprint density at radius 3 is 2.61 bits per heavy atom. The first-order valence-corrected chi connectivity index (χ1v) is 5.99. The molecule has 1 fully saturated rings. The van der Waals surface area contributed by atoms with Crippen LogP contribution in [0.1, 0.15) is 18.1 Å². The van der Waals surface area contributed by atoms with Gasteiger partial charge in [0.1, 0.15) is 11.9 Å². The van der Waals surface area contributed by atoms with Gasteiger partial charge in [0.15, 0.2) is 0 Å². The van der Waals surface area contributed by atoms with Crippen molar-refractivity contribution >= 4 is 11.7 Å². The molecule has 1 saturated heterocycles. The molecule has 0 unspecified atom stereocenters. The van der Waals surface area contributed by atoms with E-state index in [1.165, 1.54) is 0 Å². The van der Waals surface area contributed by atoms with E-state index in [1.54, 1.807) is 13.1 Å². The fourth-order valence-electron chi connectivity index (χ4n) is 2.13. The number of rotatable bonds is 1. The third-order valence-electron chi connectivity index (χ3n) is 3.15. The summed E-state index contributed by atoms with van der Waals surface area (Å²) >= 11 is 0. The largest absolute Gasteiger partial charge is 0.352 e. The van der Waals surface area contributed by atoms with Crippen molar-refractivity contribution in [3.63, 3.8) is 0 Å². The van der Waals surface area contributed by atoms with Crippen molar-refractivity contribution < 1.29 is 4.79 Å². The van der Waals surface area contributed by atoms with Crippen LogP contribution in [0.4, 0.5) is 5.82 Å². The second-order valence-corrected chi connectivity index (χ2v) is 4.49. The number of hydrogen-bond donors (Lipinski definition) is 0. The van der Waals surface area contributed by atoms with Gasteiger partial charge in [-0.25, -0.2) is 4.98 Å². The van der Waals surface area contributed by atoms with Crippen LogP contribution < -0.4 is 4.90 Å². The Balaban J connectivity index is 2.15. The van der Waals surface area contributed by atoms with Crippen LogP contribution in [0.5, 0.6) is 0 Å². The Hall–Kier alpha value is -2.09. The zero-order valence-corrected chi connectivity index (χ0v) is 10.7. The van der Waals surface area contributed by atoms with Gasteiger partial charge in [-0.1, -0.05) is 0 Å². The average molecular weight is 244 g/mol. The van der Waals surface area contributed by atoms with Crippen LogP contribution in [0.15, 0.2) is 12.3 Å². The number of aromatic nitrogens is 1. The summed E-state index contributed by atoms with van der Waals surface area (Å²) in [4.78, 5) is 19.5. The number of carbonyl (C=O) groups is 1. The molecule has 0 saturated carbocycles. The number of hydrogen-bond acceptors (Lipinski definition) is 4. The summed E-state index contributed by atoms with van der Waals surface area (Å²) < 4.78 is 0. The van der Waals surface area contributed by atoms with E-state index in [1.807, 2.05) is 17.9 Å². The Kier molecular flexibility index (Phi) is 3.47. The third-order valence-corrected chi connectivity index (χ3v) is 3.15. The van der Waals surface area contributed by atoms with Gasteiger partial charge in [0.2, 0.25) is 5.91 Å². The summed E-state index contributed by atoms with van der Waals surface area (Å²) in [5.74, 6) is 0.832. The Morgan fingerprint density at radius 2 is 2.06 bits per heavy atom. The lowest BCUT2D eigenvalue weighted by molar-refractivity contribution is -0.129. The van der Waals surface area contributed by atoms with Crippen molar-refractivity contribution in [1.82, 2.24) is 9.88 Å². The molecule has 0 aliphatic carbocycles. The topological polar surface area (TPSA) is 60.2 Å². The molecule has 0 aromatic carbocycles. The molecule has 1 aliphatic rings. The van der Waals surface area contributed by atoms with Gasteiger partial charge >= 0.3 is 0 Å². The van der Waals surface area contributed by atoms with Crippen molar-refractivity contribution in [2.45, 2.75) is 13.8 Å². The summed E-state index contributed by atoms with van der Waals surface area (Å²) in [5.41, 5.74) is 1.59. The van der Waals surface area contributed by atoms with Crippen molar-refractivity contribution in [2.75, 3.05) is 31.1 Å². The molecule has 5 nitrogen and oxygen atoms in total. The molecule has 5 heteroatoms. The number of piperazine rings is 1. The van der Waals surface area contributed by atoms with E-state index in [2.05, 4.69) is 16.0 Å². The fraction of sp³-hybridized carbons (Fsp3) is 0.462. The maximum atomic E-state index is 11.2. The molecule has 2 rings (SSSR count). The Labute approximate surface area is 107 Å². The minimum atomic E-state index is 0.104. The number of anilines is 1. The first kappa shape index (κ1) is 12.4. The first-order valence-electron chi connectivity index (χ1n) is 5.99. The maximum Gasteiger partial charge on any atom is 0.219 e. The molecule has 2 heterocycles. The van der Waals surface area contributed by atoms with Crippen LogP contribution in [-0.2, 0) is 4.79 Å². The van der Waals surface area contributed by atoms with Crippen molar-refractivity contribution in [1.29, 1.82) is 5.26 Å². The second-order valence-electron chi connectivity index (χ2n) is 4.49. The number of nitriles is 1. The molecule has 18 heavy (non-hydrogen) atoms. The first-order chi connectivity index (χ1) is 8.61. The Bertz CT molecular complexity index is 498. The van der Waals surface area contributed by atoms with Crippen LogP contribution in [0, 0.1) is 18.3 Å². The van der Waals surface area contributed by atoms with Crippen LogP contribution in [0.2, 0.25) is 0 Å². The van der Waals surface area contributed by atoms with E-state index in [9.17, 15) is 4.79 Å². The lowest BCUT2D eigenvalue weighted by Crippen LogP contribution is -2.48. The van der Waals surface area contributed by atoms with E-state index in [-0.39, 0.29) is 5.91 Å². The van der Waals surface area contributed by atoms with Gasteiger partial charge in [-0.3, -0.25) is 4.79 Å². The molecule has 1 aromatic rings. The molecule has 0 bridgehead atoms. The molecule has 1 aromatic heterocycles. The van der Waals surface area contributed by atoms with E-state index < -0.39 is 0 Å². The molecule has 0 N–H and O–H groups in total. The van der Waals surface area contributed by atoms with E-state index in [0.29, 0.717) is 18.7 Å². The molecule has 0 radical (unpaired) electrons. The highest BCUT2D eigenvalue weighted by Gasteiger charge is 2.21. The molecular formula is C13H16N4O. The maximum absolute atomic E-state index is 11.2. The lowest BCUT2D eigenvalue weighted by Gasteiger charge is -2.35. The fourth-order valence-corrected chi connectivity index (χ4v) is 2.13. The lowest BCUT2D eigenvalue weighted by atomic mass is 10.2. The summed E-state index contributed by atoms with van der Waals surface area (Å²) in [5, 5.41) is 9.13. The number of carbonyl (C=O) groups excluding carboxylic acids is 1. The van der Waals surface area contributed by atoms with Crippen molar-refractivity contribution in [3.05, 3.63) is 23.4 Å². The third kappa shape index (κ3) is 2.43. The quantitative estimate of drug-likeness (QED) is 0.737. The summed E-state index contributed by atoms with van der Waals surface area (Å²) in [6.07, 6.45) is 1.77. The van der Waals surface area contributed by atoms with Gasteiger partial charge in [-0.05, 0) is 18.6 Å². The normalized spacial score (nSPS) is 15.4. The molecule has 94 valence electrons. The average Bonchev–Trinajstić information content (AvgIpc) is 2.38. The zero-order chi connectivity index (χ0) is 13.1. The Morgan fingerprint density at radius 1 is 1.39 bits per heavy atom. The van der Waals surface area contributed by atoms with Crippen molar-refractivity contribution in [3.8, 4) is 6.07 Å². The number of nitrogens with zero attached hydrogens (tertiary/aromatic N) is 4. The summed E-state index contributed by atoms with van der Waals surface area (Å²) in [7, 11) is 0. The molecule has 0 spiro atoms. The highest BCUT2D eigenvalue weighted by atomic mass is 16.2. The van der Waals surface area contributed by atoms with Crippen LogP contribution in [0.25, 0.3) is 0 Å². The van der Waals surface area contributed by atoms with Gasteiger partial charge in [0.25, 0.3) is 0 Å². The predicted molar refractivity (Wildman–Crippen MR) is 68.2 cm³/mol. The number of pyridine rings is 1. The van der Waals surface area contributed by atoms with Gasteiger partial charge in [0, 0.05) is 39.3 Å². The minimum absolute atomic E-state index is 0.104.